The highest BCUT2D eigenvalue weighted by Crippen LogP contribution is 2.31. The first-order chi connectivity index (χ1) is 16.4. The van der Waals surface area contributed by atoms with Crippen molar-refractivity contribution in [3.05, 3.63) is 64.1 Å². The molecule has 1 fully saturated rings. The van der Waals surface area contributed by atoms with Crippen molar-refractivity contribution in [2.75, 3.05) is 40.0 Å². The molecule has 1 saturated heterocycles. The number of rotatable bonds is 9. The van der Waals surface area contributed by atoms with Crippen molar-refractivity contribution in [2.24, 2.45) is 0 Å². The number of sulfonamides is 1. The van der Waals surface area contributed by atoms with Crippen LogP contribution in [-0.2, 0) is 21.2 Å². The van der Waals surface area contributed by atoms with E-state index < -0.39 is 16.6 Å². The van der Waals surface area contributed by atoms with E-state index >= 15 is 0 Å². The molecule has 2 aromatic carbocycles. The van der Waals surface area contributed by atoms with E-state index in [0.717, 1.165) is 16.9 Å². The highest BCUT2D eigenvalue weighted by Gasteiger charge is 2.27. The van der Waals surface area contributed by atoms with Crippen LogP contribution in [0.25, 0.3) is 6.08 Å². The standard InChI is InChI=1S/C24H28F2N2O5S/c1-31-20-6-2-17(3-7-20)23(28-10-12-32-13-11-28)16-27-34(29,30)22-9-5-18-14-21(33-24(25)26)8-4-19(18)15-22/h2-4,6-8,14-15,23-24,27H,5,9-13,16H2,1H3. The number of nitrogens with zero attached hydrogens (tertiary/aromatic N) is 1. The normalized spacial score (nSPS) is 17.7. The average molecular weight is 495 g/mol. The maximum atomic E-state index is 13.2. The third-order valence-corrected chi connectivity index (χ3v) is 7.65. The molecule has 0 aromatic heterocycles. The summed E-state index contributed by atoms with van der Waals surface area (Å²) in [6, 6.07) is 12.0. The molecular weight excluding hydrogens is 466 g/mol. The Labute approximate surface area is 198 Å². The van der Waals surface area contributed by atoms with Crippen LogP contribution < -0.4 is 14.2 Å². The summed E-state index contributed by atoms with van der Waals surface area (Å²) in [5, 5.41) is 0. The summed E-state index contributed by atoms with van der Waals surface area (Å²) in [4.78, 5) is 2.49. The summed E-state index contributed by atoms with van der Waals surface area (Å²) in [5.74, 6) is 0.803. The molecule has 1 N–H and O–H groups in total. The highest BCUT2D eigenvalue weighted by molar-refractivity contribution is 7.93. The maximum Gasteiger partial charge on any atom is 0.387 e. The molecule has 184 valence electrons. The third-order valence-electron chi connectivity index (χ3n) is 6.10. The van der Waals surface area contributed by atoms with Gasteiger partial charge in [-0.05, 0) is 59.9 Å². The molecule has 7 nitrogen and oxygen atoms in total. The van der Waals surface area contributed by atoms with Gasteiger partial charge in [0.15, 0.2) is 0 Å². The first kappa shape index (κ1) is 24.6. The molecule has 4 rings (SSSR count). The molecule has 0 amide bonds. The third kappa shape index (κ3) is 5.93. The van der Waals surface area contributed by atoms with Gasteiger partial charge >= 0.3 is 6.61 Å². The molecule has 1 unspecified atom stereocenters. The fraction of sp³-hybridized carbons (Fsp3) is 0.417. The number of hydrogen-bond acceptors (Lipinski definition) is 6. The Kier molecular flexibility index (Phi) is 7.82. The number of methoxy groups -OCH3 is 1. The van der Waals surface area contributed by atoms with Crippen LogP contribution in [0.15, 0.2) is 47.4 Å². The number of nitrogens with one attached hydrogen (secondary N) is 1. The largest absolute Gasteiger partial charge is 0.497 e. The summed E-state index contributed by atoms with van der Waals surface area (Å²) in [6.07, 6.45) is 2.31. The summed E-state index contributed by atoms with van der Waals surface area (Å²) in [6.45, 7) is -0.0888. The Morgan fingerprint density at radius 2 is 1.76 bits per heavy atom. The zero-order valence-corrected chi connectivity index (χ0v) is 19.7. The van der Waals surface area contributed by atoms with Gasteiger partial charge in [-0.1, -0.05) is 18.2 Å². The van der Waals surface area contributed by atoms with Crippen LogP contribution in [0.4, 0.5) is 8.78 Å². The summed E-state index contributed by atoms with van der Waals surface area (Å²) < 4.78 is 69.2. The zero-order valence-electron chi connectivity index (χ0n) is 18.9. The van der Waals surface area contributed by atoms with Gasteiger partial charge in [-0.3, -0.25) is 4.90 Å². The highest BCUT2D eigenvalue weighted by atomic mass is 32.2. The summed E-state index contributed by atoms with van der Waals surface area (Å²) >= 11 is 0. The van der Waals surface area contributed by atoms with E-state index in [1.807, 2.05) is 24.3 Å². The molecular formula is C24H28F2N2O5S. The van der Waals surface area contributed by atoms with Gasteiger partial charge in [-0.25, -0.2) is 13.1 Å². The topological polar surface area (TPSA) is 77.1 Å². The lowest BCUT2D eigenvalue weighted by atomic mass is 9.97. The van der Waals surface area contributed by atoms with Crippen molar-refractivity contribution in [3.8, 4) is 11.5 Å². The Morgan fingerprint density at radius 1 is 1.06 bits per heavy atom. The lowest BCUT2D eigenvalue weighted by Crippen LogP contribution is -2.44. The minimum atomic E-state index is -3.73. The molecule has 1 heterocycles. The first-order valence-corrected chi connectivity index (χ1v) is 12.6. The minimum Gasteiger partial charge on any atom is -0.497 e. The molecule has 0 spiro atoms. The van der Waals surface area contributed by atoms with Gasteiger partial charge in [-0.2, -0.15) is 8.78 Å². The average Bonchev–Trinajstić information content (AvgIpc) is 2.84. The Morgan fingerprint density at radius 3 is 2.44 bits per heavy atom. The van der Waals surface area contributed by atoms with E-state index in [1.54, 1.807) is 19.3 Å². The Bertz CT molecular complexity index is 1120. The van der Waals surface area contributed by atoms with E-state index in [1.165, 1.54) is 12.1 Å². The smallest absolute Gasteiger partial charge is 0.387 e. The lowest BCUT2D eigenvalue weighted by molar-refractivity contribution is -0.0498. The van der Waals surface area contributed by atoms with Crippen LogP contribution in [0.3, 0.4) is 0 Å². The van der Waals surface area contributed by atoms with Gasteiger partial charge in [0.05, 0.1) is 25.2 Å². The minimum absolute atomic E-state index is 0.0689. The number of ether oxygens (including phenoxy) is 3. The van der Waals surface area contributed by atoms with Crippen LogP contribution >= 0.6 is 0 Å². The summed E-state index contributed by atoms with van der Waals surface area (Å²) in [5.41, 5.74) is 2.45. The molecule has 2 aromatic rings. The van der Waals surface area contributed by atoms with Crippen LogP contribution in [0.1, 0.15) is 29.2 Å². The fourth-order valence-electron chi connectivity index (χ4n) is 4.29. The van der Waals surface area contributed by atoms with E-state index in [-0.39, 0.29) is 29.7 Å². The van der Waals surface area contributed by atoms with Gasteiger partial charge < -0.3 is 14.2 Å². The van der Waals surface area contributed by atoms with Crippen LogP contribution in [0.2, 0.25) is 0 Å². The summed E-state index contributed by atoms with van der Waals surface area (Å²) in [7, 11) is -2.13. The Hall–Kier alpha value is -2.53. The second-order valence-corrected chi connectivity index (χ2v) is 9.96. The van der Waals surface area contributed by atoms with Crippen molar-refractivity contribution in [1.82, 2.24) is 9.62 Å². The van der Waals surface area contributed by atoms with E-state index in [4.69, 9.17) is 9.47 Å². The van der Waals surface area contributed by atoms with Crippen molar-refractivity contribution < 1.29 is 31.4 Å². The monoisotopic (exact) mass is 494 g/mol. The van der Waals surface area contributed by atoms with E-state index in [0.29, 0.717) is 38.3 Å². The molecule has 1 aliphatic heterocycles. The molecule has 0 saturated carbocycles. The quantitative estimate of drug-likeness (QED) is 0.574. The second-order valence-electron chi connectivity index (χ2n) is 8.14. The number of fused-ring (bicyclic) bond motifs is 1. The molecule has 0 bridgehead atoms. The molecule has 34 heavy (non-hydrogen) atoms. The second kappa shape index (κ2) is 10.8. The van der Waals surface area contributed by atoms with Crippen molar-refractivity contribution in [2.45, 2.75) is 25.5 Å². The molecule has 1 atom stereocenters. The van der Waals surface area contributed by atoms with Crippen molar-refractivity contribution >= 4 is 16.1 Å². The van der Waals surface area contributed by atoms with Crippen molar-refractivity contribution in [1.29, 1.82) is 0 Å². The van der Waals surface area contributed by atoms with E-state index in [2.05, 4.69) is 14.4 Å². The van der Waals surface area contributed by atoms with Gasteiger partial charge in [-0.15, -0.1) is 0 Å². The zero-order chi connectivity index (χ0) is 24.1. The van der Waals surface area contributed by atoms with Gasteiger partial charge in [0.2, 0.25) is 10.0 Å². The number of allylic oxidation sites excluding steroid dienone is 1. The molecule has 0 radical (unpaired) electrons. The first-order valence-electron chi connectivity index (χ1n) is 11.1. The van der Waals surface area contributed by atoms with Gasteiger partial charge in [0.1, 0.15) is 11.5 Å². The fourth-order valence-corrected chi connectivity index (χ4v) is 5.50. The van der Waals surface area contributed by atoms with Gasteiger partial charge in [0, 0.05) is 25.7 Å². The predicted octanol–water partition coefficient (Wildman–Crippen LogP) is 3.58. The number of hydrogen-bond donors (Lipinski definition) is 1. The number of aryl methyl sites for hydroxylation is 1. The number of halogens is 2. The SMILES string of the molecule is COc1ccc(C(CNS(=O)(=O)C2=Cc3ccc(OC(F)F)cc3CC2)N2CCOCC2)cc1. The maximum absolute atomic E-state index is 13.2. The number of morpholine rings is 1. The Balaban J connectivity index is 1.50. The molecule has 2 aliphatic rings. The molecule has 10 heteroatoms. The number of alkyl halides is 2. The predicted molar refractivity (Wildman–Crippen MR) is 124 cm³/mol. The van der Waals surface area contributed by atoms with Crippen LogP contribution in [0.5, 0.6) is 11.5 Å². The number of benzene rings is 2. The van der Waals surface area contributed by atoms with Crippen molar-refractivity contribution in [3.63, 3.8) is 0 Å². The lowest BCUT2D eigenvalue weighted by Gasteiger charge is -2.35. The van der Waals surface area contributed by atoms with Gasteiger partial charge in [0.25, 0.3) is 0 Å². The van der Waals surface area contributed by atoms with Crippen LogP contribution in [0, 0.1) is 0 Å². The molecule has 1 aliphatic carbocycles. The van der Waals surface area contributed by atoms with E-state index in [9.17, 15) is 17.2 Å². The van der Waals surface area contributed by atoms with Crippen LogP contribution in [-0.4, -0.2) is 59.9 Å².